The SMILES string of the molecule is CC[C@@H](C)C(=O)N[C@H](C(=O)N1Cc2cc(C3C[C@@H](C(=O)NC4CCCc5ccccc54)N(C(=O)[C@@H](CC(=O)[C@H](C)NC)C(C)(C)C)C3)ccc2C[C@H]1C(=O)NC1CCCc2ccccc21)C12CC3CC(CC(C3)C1)C2. The number of hydrogen-bond donors (Lipinski definition) is 4. The fraction of sp³-hybridized carbons (Fsp3) is 0.619. The maximum atomic E-state index is 16.0. The van der Waals surface area contributed by atoms with Crippen LogP contribution in [0.4, 0.5) is 0 Å². The van der Waals surface area contributed by atoms with Gasteiger partial charge in [-0.25, -0.2) is 0 Å². The summed E-state index contributed by atoms with van der Waals surface area (Å²) in [5, 5.41) is 13.3. The van der Waals surface area contributed by atoms with Crippen molar-refractivity contribution in [1.29, 1.82) is 0 Å². The predicted octanol–water partition coefficient (Wildman–Crippen LogP) is 8.99. The van der Waals surface area contributed by atoms with Crippen LogP contribution in [0.15, 0.2) is 66.7 Å². The van der Waals surface area contributed by atoms with Crippen LogP contribution in [0.1, 0.15) is 182 Å². The number of likely N-dealkylation sites (tertiary alicyclic amines) is 1. The van der Waals surface area contributed by atoms with Crippen molar-refractivity contribution in [2.75, 3.05) is 13.6 Å². The summed E-state index contributed by atoms with van der Waals surface area (Å²) in [6.07, 6.45) is 13.2. The number of ketones is 1. The van der Waals surface area contributed by atoms with E-state index in [0.717, 1.165) is 85.6 Å². The molecule has 4 bridgehead atoms. The zero-order valence-corrected chi connectivity index (χ0v) is 45.9. The normalized spacial score (nSPS) is 29.2. The van der Waals surface area contributed by atoms with Crippen LogP contribution in [0, 0.1) is 40.4 Å². The minimum Gasteiger partial charge on any atom is -0.347 e. The molecular formula is C63H84N6O6. The molecule has 4 N–H and O–H groups in total. The largest absolute Gasteiger partial charge is 0.347 e. The Hall–Kier alpha value is -5.36. The lowest BCUT2D eigenvalue weighted by Gasteiger charge is -2.59. The van der Waals surface area contributed by atoms with Gasteiger partial charge in [-0.1, -0.05) is 101 Å². The Morgan fingerprint density at radius 1 is 0.693 bits per heavy atom. The molecular weight excluding hydrogens is 937 g/mol. The molecule has 0 radical (unpaired) electrons. The first-order valence-corrected chi connectivity index (χ1v) is 28.9. The molecule has 0 spiro atoms. The number of Topliss-reactive ketones (excluding diaryl/α,β-unsaturated/α-hetero) is 1. The standard InChI is InChI=1S/C63H84N6O6/c1-8-37(2)57(71)67-56(63-32-39-25-40(33-63)27-41(26-39)34-63)61(75)69-35-46-28-44(23-24-45(46)29-53(69)58(72)65-51-21-13-17-42-15-9-11-19-48(42)51)47-30-54(59(73)66-52-22-14-18-43-16-10-12-20-49(43)52)68(36-47)60(74)50(62(4,5)6)31-55(70)38(3)64-7/h9-12,15-16,19-20,23-24,28,37-41,47,50-54,56,64H,8,13-14,17-18,21-22,25-27,29-36H2,1-7H3,(H,65,72)(H,66,73)(H,67,71)/t37-,38+,39?,40?,41?,47?,50-,51?,52?,53+,54+,56-,63?/m1/s1. The molecule has 5 amide bonds. The number of aryl methyl sites for hydroxylation is 2. The van der Waals surface area contributed by atoms with Gasteiger partial charge in [0, 0.05) is 49.1 Å². The van der Waals surface area contributed by atoms with Crippen LogP contribution >= 0.6 is 0 Å². The predicted molar refractivity (Wildman–Crippen MR) is 291 cm³/mol. The average Bonchev–Trinajstić information content (AvgIpc) is 3.87. The van der Waals surface area contributed by atoms with Gasteiger partial charge in [0.15, 0.2) is 0 Å². The molecule has 3 aromatic rings. The van der Waals surface area contributed by atoms with E-state index >= 15 is 14.4 Å². The van der Waals surface area contributed by atoms with Gasteiger partial charge in [-0.15, -0.1) is 0 Å². The number of carbonyl (C=O) groups excluding carboxylic acids is 6. The lowest BCUT2D eigenvalue weighted by molar-refractivity contribution is -0.155. The van der Waals surface area contributed by atoms with Crippen molar-refractivity contribution in [1.82, 2.24) is 31.1 Å². The maximum absolute atomic E-state index is 16.0. The Kier molecular flexibility index (Phi) is 15.3. The van der Waals surface area contributed by atoms with Gasteiger partial charge >= 0.3 is 0 Å². The second kappa shape index (κ2) is 21.6. The maximum Gasteiger partial charge on any atom is 0.246 e. The quantitative estimate of drug-likeness (QED) is 0.118. The topological polar surface area (TPSA) is 157 Å². The molecule has 75 heavy (non-hydrogen) atoms. The first-order valence-electron chi connectivity index (χ1n) is 28.9. The van der Waals surface area contributed by atoms with Crippen LogP contribution < -0.4 is 21.3 Å². The lowest BCUT2D eigenvalue weighted by atomic mass is 9.47. The average molecular weight is 1020 g/mol. The van der Waals surface area contributed by atoms with Crippen LogP contribution in [0.25, 0.3) is 0 Å². The van der Waals surface area contributed by atoms with Crippen LogP contribution in [0.5, 0.6) is 0 Å². The zero-order chi connectivity index (χ0) is 52.9. The highest BCUT2D eigenvalue weighted by Gasteiger charge is 2.58. The van der Waals surface area contributed by atoms with Gasteiger partial charge in [-0.05, 0) is 166 Å². The van der Waals surface area contributed by atoms with Crippen molar-refractivity contribution in [3.05, 3.63) is 106 Å². The molecule has 3 aromatic carbocycles. The monoisotopic (exact) mass is 1020 g/mol. The van der Waals surface area contributed by atoms with E-state index in [1.54, 1.807) is 11.9 Å². The minimum atomic E-state index is -0.790. The summed E-state index contributed by atoms with van der Waals surface area (Å²) in [4.78, 5) is 92.4. The first-order chi connectivity index (χ1) is 35.9. The number of benzene rings is 3. The van der Waals surface area contributed by atoms with E-state index in [2.05, 4.69) is 69.8 Å². The number of carbonyl (C=O) groups is 6. The minimum absolute atomic E-state index is 0.0458. The van der Waals surface area contributed by atoms with E-state index in [0.29, 0.717) is 43.6 Å². The second-order valence-electron chi connectivity index (χ2n) is 25.6. The molecule has 12 nitrogen and oxygen atoms in total. The van der Waals surface area contributed by atoms with Crippen molar-refractivity contribution in [3.63, 3.8) is 0 Å². The fourth-order valence-corrected chi connectivity index (χ4v) is 15.4. The highest BCUT2D eigenvalue weighted by atomic mass is 16.2. The van der Waals surface area contributed by atoms with Crippen LogP contribution in [0.3, 0.4) is 0 Å². The molecule has 2 heterocycles. The summed E-state index contributed by atoms with van der Waals surface area (Å²) in [6.45, 7) is 12.2. The molecule has 402 valence electrons. The second-order valence-corrected chi connectivity index (χ2v) is 25.6. The molecule has 1 saturated heterocycles. The summed E-state index contributed by atoms with van der Waals surface area (Å²) < 4.78 is 0. The molecule has 9 atom stereocenters. The number of likely N-dealkylation sites (N-methyl/N-ethyl adjacent to an activating group) is 1. The summed E-state index contributed by atoms with van der Waals surface area (Å²) in [5.74, 6) is -0.365. The highest BCUT2D eigenvalue weighted by molar-refractivity contribution is 5.95. The third-order valence-electron chi connectivity index (χ3n) is 19.6. The molecule has 6 aliphatic carbocycles. The van der Waals surface area contributed by atoms with Gasteiger partial charge < -0.3 is 31.1 Å². The Labute approximate surface area is 446 Å². The fourth-order valence-electron chi connectivity index (χ4n) is 15.4. The molecule has 2 aliphatic heterocycles. The number of fused-ring (bicyclic) bond motifs is 3. The highest BCUT2D eigenvalue weighted by Crippen LogP contribution is 2.61. The van der Waals surface area contributed by atoms with Gasteiger partial charge in [0.1, 0.15) is 23.9 Å². The molecule has 8 aliphatic rings. The van der Waals surface area contributed by atoms with Crippen molar-refractivity contribution < 1.29 is 28.8 Å². The third-order valence-corrected chi connectivity index (χ3v) is 19.6. The van der Waals surface area contributed by atoms with E-state index in [9.17, 15) is 14.4 Å². The molecule has 0 aromatic heterocycles. The van der Waals surface area contributed by atoms with E-state index in [4.69, 9.17) is 0 Å². The lowest BCUT2D eigenvalue weighted by Crippen LogP contribution is -2.65. The Bertz CT molecular complexity index is 2640. The number of rotatable bonds is 15. The van der Waals surface area contributed by atoms with E-state index in [-0.39, 0.29) is 77.6 Å². The third kappa shape index (κ3) is 10.7. The molecule has 5 fully saturated rings. The molecule has 11 rings (SSSR count). The zero-order valence-electron chi connectivity index (χ0n) is 45.9. The van der Waals surface area contributed by atoms with Crippen molar-refractivity contribution in [3.8, 4) is 0 Å². The van der Waals surface area contributed by atoms with Crippen molar-refractivity contribution in [2.24, 2.45) is 40.4 Å². The number of amides is 5. The van der Waals surface area contributed by atoms with E-state index < -0.39 is 35.5 Å². The van der Waals surface area contributed by atoms with Crippen molar-refractivity contribution >= 4 is 35.3 Å². The Balaban J connectivity index is 0.987. The summed E-state index contributed by atoms with van der Waals surface area (Å²) >= 11 is 0. The molecule has 12 heteroatoms. The van der Waals surface area contributed by atoms with Gasteiger partial charge in [0.05, 0.1) is 18.1 Å². The van der Waals surface area contributed by atoms with Gasteiger partial charge in [-0.2, -0.15) is 0 Å². The van der Waals surface area contributed by atoms with Crippen LogP contribution in [0.2, 0.25) is 0 Å². The number of nitrogens with one attached hydrogen (secondary N) is 4. The molecule has 4 saturated carbocycles. The summed E-state index contributed by atoms with van der Waals surface area (Å²) in [5.41, 5.74) is 6.71. The number of nitrogens with zero attached hydrogens (tertiary/aromatic N) is 2. The Morgan fingerprint density at radius 3 is 1.83 bits per heavy atom. The van der Waals surface area contributed by atoms with E-state index in [1.165, 1.54) is 30.4 Å². The number of hydrogen-bond acceptors (Lipinski definition) is 7. The summed E-state index contributed by atoms with van der Waals surface area (Å²) in [6, 6.07) is 19.9. The van der Waals surface area contributed by atoms with Crippen LogP contribution in [-0.2, 0) is 54.6 Å². The molecule has 3 unspecified atom stereocenters. The smallest absolute Gasteiger partial charge is 0.246 e. The van der Waals surface area contributed by atoms with Gasteiger partial charge in [-0.3, -0.25) is 28.8 Å². The van der Waals surface area contributed by atoms with E-state index in [1.807, 2.05) is 64.6 Å². The first kappa shape index (κ1) is 53.1. The van der Waals surface area contributed by atoms with Gasteiger partial charge in [0.25, 0.3) is 0 Å². The van der Waals surface area contributed by atoms with Crippen LogP contribution in [-0.4, -0.2) is 82.9 Å². The van der Waals surface area contributed by atoms with Gasteiger partial charge in [0.2, 0.25) is 29.5 Å². The Morgan fingerprint density at radius 2 is 1.27 bits per heavy atom. The van der Waals surface area contributed by atoms with Crippen molar-refractivity contribution in [2.45, 2.75) is 193 Å². The summed E-state index contributed by atoms with van der Waals surface area (Å²) in [7, 11) is 1.75.